The number of benzene rings is 9. The lowest BCUT2D eigenvalue weighted by atomic mass is 9.92. The third-order valence-electron chi connectivity index (χ3n) is 12.4. The van der Waals surface area contributed by atoms with Crippen molar-refractivity contribution in [2.75, 3.05) is 0 Å². The van der Waals surface area contributed by atoms with Gasteiger partial charge in [0, 0.05) is 32.8 Å². The van der Waals surface area contributed by atoms with Gasteiger partial charge >= 0.3 is 0 Å². The zero-order chi connectivity index (χ0) is 40.3. The standard InChI is InChI=1S/C58H38N2O/c1-3-11-37(12-4-1)39-21-25-41(26-22-39)43-29-31-49-52(34-43)53-35-44(42-27-23-40(24-28-42)38-13-5-2-6-14-38)30-32-50(53)57-56(49)59-36-54(60-57)46-16-9-15-45(33-46)47-18-10-19-51-48-17-7-8-20-55(48)61-58(47)51/h1-6,8-16,18-36H,7,17H2. The maximum absolute atomic E-state index is 6.48. The van der Waals surface area contributed by atoms with Gasteiger partial charge in [0.05, 0.1) is 22.9 Å². The highest BCUT2D eigenvalue weighted by Crippen LogP contribution is 2.41. The molecule has 9 aromatic carbocycles. The van der Waals surface area contributed by atoms with E-state index in [2.05, 4.69) is 200 Å². The summed E-state index contributed by atoms with van der Waals surface area (Å²) in [7, 11) is 0. The fourth-order valence-electron chi connectivity index (χ4n) is 9.26. The van der Waals surface area contributed by atoms with Crippen LogP contribution in [0.5, 0.6) is 0 Å². The van der Waals surface area contributed by atoms with Crippen LogP contribution in [0.25, 0.3) is 117 Å². The average Bonchev–Trinajstić information content (AvgIpc) is 3.73. The molecule has 11 aromatic rings. The van der Waals surface area contributed by atoms with E-state index in [0.29, 0.717) is 0 Å². The van der Waals surface area contributed by atoms with E-state index in [-0.39, 0.29) is 0 Å². The van der Waals surface area contributed by atoms with Gasteiger partial charge in [-0.2, -0.15) is 0 Å². The van der Waals surface area contributed by atoms with Crippen molar-refractivity contribution in [2.24, 2.45) is 0 Å². The van der Waals surface area contributed by atoms with Gasteiger partial charge in [0.25, 0.3) is 0 Å². The zero-order valence-corrected chi connectivity index (χ0v) is 33.3. The van der Waals surface area contributed by atoms with Crippen molar-refractivity contribution in [3.05, 3.63) is 212 Å². The normalized spacial score (nSPS) is 12.4. The molecule has 3 nitrogen and oxygen atoms in total. The van der Waals surface area contributed by atoms with E-state index in [9.17, 15) is 0 Å². The smallest absolute Gasteiger partial charge is 0.142 e. The van der Waals surface area contributed by atoms with Crippen molar-refractivity contribution in [3.63, 3.8) is 0 Å². The van der Waals surface area contributed by atoms with Gasteiger partial charge in [-0.05, 0) is 98.0 Å². The van der Waals surface area contributed by atoms with Gasteiger partial charge in [-0.1, -0.05) is 176 Å². The predicted molar refractivity (Wildman–Crippen MR) is 254 cm³/mol. The molecular formula is C58H38N2O. The molecule has 0 atom stereocenters. The SMILES string of the molecule is C1=Cc2oc3c(-c4cccc(-c5cnc6c7ccc(-c8ccc(-c9ccccc9)cc8)cc7c7cc(-c8ccc(-c9ccccc9)cc8)ccc7c6n5)c4)cccc3c2CC1. The van der Waals surface area contributed by atoms with Crippen LogP contribution in [0.3, 0.4) is 0 Å². The van der Waals surface area contributed by atoms with Crippen molar-refractivity contribution in [3.8, 4) is 66.9 Å². The van der Waals surface area contributed by atoms with Crippen molar-refractivity contribution in [1.82, 2.24) is 9.97 Å². The molecule has 0 aliphatic heterocycles. The molecule has 0 N–H and O–H groups in total. The Morgan fingerprint density at radius 2 is 0.918 bits per heavy atom. The molecule has 0 unspecified atom stereocenters. The lowest BCUT2D eigenvalue weighted by molar-refractivity contribution is 0.596. The lowest BCUT2D eigenvalue weighted by Crippen LogP contribution is -1.93. The third-order valence-corrected chi connectivity index (χ3v) is 12.4. The molecule has 2 aromatic heterocycles. The Hall–Kier alpha value is -7.88. The van der Waals surface area contributed by atoms with Crippen molar-refractivity contribution < 1.29 is 4.42 Å². The number of allylic oxidation sites excluding steroid dienone is 1. The van der Waals surface area contributed by atoms with E-state index in [1.807, 2.05) is 6.20 Å². The van der Waals surface area contributed by atoms with E-state index in [0.717, 1.165) is 90.3 Å². The summed E-state index contributed by atoms with van der Waals surface area (Å²) in [6.07, 6.45) is 8.29. The number of fused-ring (bicyclic) bond motifs is 9. The minimum atomic E-state index is 0.833. The van der Waals surface area contributed by atoms with Crippen LogP contribution in [0.2, 0.25) is 0 Å². The number of para-hydroxylation sites is 1. The monoisotopic (exact) mass is 778 g/mol. The summed E-state index contributed by atoms with van der Waals surface area (Å²) in [5, 5.41) is 5.66. The predicted octanol–water partition coefficient (Wildman–Crippen LogP) is 15.6. The Bertz CT molecular complexity index is 3490. The molecule has 0 amide bonds. The van der Waals surface area contributed by atoms with Crippen LogP contribution in [-0.2, 0) is 6.42 Å². The van der Waals surface area contributed by atoms with Gasteiger partial charge in [-0.15, -0.1) is 0 Å². The second kappa shape index (κ2) is 14.4. The lowest BCUT2D eigenvalue weighted by Gasteiger charge is -2.14. The highest BCUT2D eigenvalue weighted by atomic mass is 16.3. The van der Waals surface area contributed by atoms with Gasteiger partial charge in [0.15, 0.2) is 0 Å². The Morgan fingerprint density at radius 1 is 0.393 bits per heavy atom. The minimum absolute atomic E-state index is 0.833. The van der Waals surface area contributed by atoms with Crippen LogP contribution in [-0.4, -0.2) is 9.97 Å². The number of aryl methyl sites for hydroxylation is 1. The summed E-state index contributed by atoms with van der Waals surface area (Å²) in [4.78, 5) is 10.7. The van der Waals surface area contributed by atoms with Gasteiger partial charge in [-0.3, -0.25) is 4.98 Å². The first-order valence-electron chi connectivity index (χ1n) is 21.0. The largest absolute Gasteiger partial charge is 0.456 e. The highest BCUT2D eigenvalue weighted by Gasteiger charge is 2.19. The van der Waals surface area contributed by atoms with Crippen LogP contribution < -0.4 is 0 Å². The molecule has 0 bridgehead atoms. The van der Waals surface area contributed by atoms with E-state index in [1.54, 1.807) is 0 Å². The van der Waals surface area contributed by atoms with Crippen molar-refractivity contribution in [1.29, 1.82) is 0 Å². The molecule has 61 heavy (non-hydrogen) atoms. The average molecular weight is 779 g/mol. The quantitative estimate of drug-likeness (QED) is 0.158. The van der Waals surface area contributed by atoms with Crippen LogP contribution in [0.15, 0.2) is 205 Å². The number of aromatic nitrogens is 2. The Labute approximate surface area is 353 Å². The Kier molecular flexibility index (Phi) is 8.31. The summed E-state index contributed by atoms with van der Waals surface area (Å²) >= 11 is 0. The fraction of sp³-hybridized carbons (Fsp3) is 0.0345. The molecular weight excluding hydrogens is 741 g/mol. The van der Waals surface area contributed by atoms with Crippen LogP contribution in [0.4, 0.5) is 0 Å². The first-order valence-corrected chi connectivity index (χ1v) is 21.0. The molecule has 0 fully saturated rings. The molecule has 0 radical (unpaired) electrons. The first kappa shape index (κ1) is 35.1. The maximum atomic E-state index is 6.48. The number of hydrogen-bond donors (Lipinski definition) is 0. The second-order valence-corrected chi connectivity index (χ2v) is 16.0. The molecule has 0 saturated carbocycles. The van der Waals surface area contributed by atoms with Crippen LogP contribution in [0, 0.1) is 0 Å². The molecule has 1 aliphatic carbocycles. The van der Waals surface area contributed by atoms with Gasteiger partial charge in [-0.25, -0.2) is 4.98 Å². The topological polar surface area (TPSA) is 38.9 Å². The van der Waals surface area contributed by atoms with E-state index < -0.39 is 0 Å². The van der Waals surface area contributed by atoms with Gasteiger partial charge in [0.1, 0.15) is 11.3 Å². The molecule has 0 spiro atoms. The van der Waals surface area contributed by atoms with E-state index >= 15 is 0 Å². The molecule has 3 heteroatoms. The zero-order valence-electron chi connectivity index (χ0n) is 33.3. The molecule has 0 saturated heterocycles. The fourth-order valence-corrected chi connectivity index (χ4v) is 9.26. The number of nitrogens with zero attached hydrogens (tertiary/aromatic N) is 2. The Morgan fingerprint density at radius 3 is 1.56 bits per heavy atom. The molecule has 12 rings (SSSR count). The summed E-state index contributed by atoms with van der Waals surface area (Å²) < 4.78 is 6.48. The summed E-state index contributed by atoms with van der Waals surface area (Å²) in [6, 6.07) is 67.5. The van der Waals surface area contributed by atoms with E-state index in [4.69, 9.17) is 14.4 Å². The summed E-state index contributed by atoms with van der Waals surface area (Å²) in [5.41, 5.74) is 17.5. The summed E-state index contributed by atoms with van der Waals surface area (Å²) in [5.74, 6) is 0.977. The first-order chi connectivity index (χ1) is 30.2. The second-order valence-electron chi connectivity index (χ2n) is 16.0. The van der Waals surface area contributed by atoms with Gasteiger partial charge in [0.2, 0.25) is 0 Å². The number of hydrogen-bond acceptors (Lipinski definition) is 3. The van der Waals surface area contributed by atoms with E-state index in [1.165, 1.54) is 44.3 Å². The number of furan rings is 1. The van der Waals surface area contributed by atoms with Crippen LogP contribution in [0.1, 0.15) is 17.7 Å². The third kappa shape index (κ3) is 6.13. The highest BCUT2D eigenvalue weighted by molar-refractivity contribution is 6.24. The van der Waals surface area contributed by atoms with Crippen LogP contribution >= 0.6 is 0 Å². The molecule has 286 valence electrons. The molecule has 2 heterocycles. The minimum Gasteiger partial charge on any atom is -0.456 e. The number of rotatable bonds is 6. The van der Waals surface area contributed by atoms with Crippen molar-refractivity contribution >= 4 is 49.6 Å². The van der Waals surface area contributed by atoms with Crippen molar-refractivity contribution in [2.45, 2.75) is 12.8 Å². The maximum Gasteiger partial charge on any atom is 0.142 e. The summed E-state index contributed by atoms with van der Waals surface area (Å²) in [6.45, 7) is 0. The Balaban J connectivity index is 1.00. The van der Waals surface area contributed by atoms with Gasteiger partial charge < -0.3 is 4.42 Å². The molecule has 1 aliphatic rings.